The van der Waals surface area contributed by atoms with E-state index < -0.39 is 0 Å². The third-order valence-electron chi connectivity index (χ3n) is 5.09. The third-order valence-corrected chi connectivity index (χ3v) is 5.09. The van der Waals surface area contributed by atoms with Gasteiger partial charge >= 0.3 is 0 Å². The van der Waals surface area contributed by atoms with Crippen molar-refractivity contribution in [1.29, 1.82) is 0 Å². The first-order valence-corrected chi connectivity index (χ1v) is 7.67. The molecule has 3 fully saturated rings. The Morgan fingerprint density at radius 2 is 2.10 bits per heavy atom. The van der Waals surface area contributed by atoms with Crippen LogP contribution in [0.2, 0.25) is 0 Å². The number of aromatic nitrogens is 1. The Balaban J connectivity index is 1.54. The molecule has 1 aromatic carbocycles. The Hall–Kier alpha value is -1.85. The average molecular weight is 282 g/mol. The molecule has 4 aliphatic rings. The van der Waals surface area contributed by atoms with Crippen molar-refractivity contribution < 1.29 is 4.84 Å². The highest BCUT2D eigenvalue weighted by Gasteiger charge is 2.51. The summed E-state index contributed by atoms with van der Waals surface area (Å²) >= 11 is 0. The summed E-state index contributed by atoms with van der Waals surface area (Å²) in [6.45, 7) is 3.29. The number of aliphatic imine (C=N–C) groups is 1. The average Bonchev–Trinajstić information content (AvgIpc) is 3.13. The van der Waals surface area contributed by atoms with E-state index in [-0.39, 0.29) is 5.72 Å². The first-order valence-electron chi connectivity index (χ1n) is 7.67. The summed E-state index contributed by atoms with van der Waals surface area (Å²) in [5.41, 5.74) is 4.83. The van der Waals surface area contributed by atoms with Gasteiger partial charge in [0.25, 0.3) is 0 Å². The quantitative estimate of drug-likeness (QED) is 0.839. The Labute approximate surface area is 122 Å². The highest BCUT2D eigenvalue weighted by molar-refractivity contribution is 6.01. The Bertz CT molecular complexity index is 696. The number of H-pyrrole nitrogens is 1. The van der Waals surface area contributed by atoms with Crippen molar-refractivity contribution in [3.8, 4) is 0 Å². The second kappa shape index (κ2) is 4.08. The molecular weight excluding hydrogens is 264 g/mol. The van der Waals surface area contributed by atoms with Gasteiger partial charge in [0, 0.05) is 16.8 Å². The van der Waals surface area contributed by atoms with Crippen molar-refractivity contribution in [2.75, 3.05) is 19.6 Å². The fraction of sp³-hybridized carbons (Fsp3) is 0.438. The van der Waals surface area contributed by atoms with E-state index >= 15 is 0 Å². The number of benzene rings is 1. The third kappa shape index (κ3) is 1.68. The minimum absolute atomic E-state index is 0.372. The lowest BCUT2D eigenvalue weighted by Crippen LogP contribution is -2.58. The number of nitrogens with one attached hydrogen (secondary N) is 2. The van der Waals surface area contributed by atoms with Gasteiger partial charge in [0.05, 0.1) is 12.2 Å². The Morgan fingerprint density at radius 3 is 2.86 bits per heavy atom. The first kappa shape index (κ1) is 11.8. The SMILES string of the molecule is c1ccc2[nH]c(C3=NC4(CN5CCC4CC5)ON3)cc2c1. The van der Waals surface area contributed by atoms with Crippen molar-refractivity contribution in [1.82, 2.24) is 15.4 Å². The topological polar surface area (TPSA) is 52.7 Å². The molecule has 1 spiro atoms. The number of piperidine rings is 3. The van der Waals surface area contributed by atoms with E-state index in [0.717, 1.165) is 23.6 Å². The van der Waals surface area contributed by atoms with Crippen molar-refractivity contribution in [3.63, 3.8) is 0 Å². The number of amidine groups is 1. The first-order chi connectivity index (χ1) is 10.3. The molecule has 1 atom stereocenters. The maximum Gasteiger partial charge on any atom is 0.202 e. The highest BCUT2D eigenvalue weighted by Crippen LogP contribution is 2.40. The summed E-state index contributed by atoms with van der Waals surface area (Å²) in [5, 5.41) is 1.20. The van der Waals surface area contributed by atoms with E-state index in [1.165, 1.54) is 31.3 Å². The van der Waals surface area contributed by atoms with Gasteiger partial charge in [0.1, 0.15) is 0 Å². The number of aromatic amines is 1. The molecule has 0 amide bonds. The zero-order valence-corrected chi connectivity index (χ0v) is 11.8. The second-order valence-corrected chi connectivity index (χ2v) is 6.33. The van der Waals surface area contributed by atoms with Crippen LogP contribution in [0, 0.1) is 5.92 Å². The van der Waals surface area contributed by atoms with Crippen LogP contribution in [0.15, 0.2) is 35.3 Å². The van der Waals surface area contributed by atoms with Crippen molar-refractivity contribution in [2.24, 2.45) is 10.9 Å². The van der Waals surface area contributed by atoms with Gasteiger partial charge in [-0.05, 0) is 38.1 Å². The largest absolute Gasteiger partial charge is 0.352 e. The molecule has 4 aliphatic heterocycles. The van der Waals surface area contributed by atoms with Crippen molar-refractivity contribution in [2.45, 2.75) is 18.6 Å². The zero-order valence-electron chi connectivity index (χ0n) is 11.8. The van der Waals surface area contributed by atoms with Crippen LogP contribution in [0.3, 0.4) is 0 Å². The van der Waals surface area contributed by atoms with E-state index in [4.69, 9.17) is 9.83 Å². The molecule has 3 saturated heterocycles. The number of hydrogen-bond acceptors (Lipinski definition) is 4. The maximum atomic E-state index is 5.96. The molecule has 108 valence electrons. The van der Waals surface area contributed by atoms with Crippen molar-refractivity contribution >= 4 is 16.7 Å². The number of para-hydroxylation sites is 1. The fourth-order valence-corrected chi connectivity index (χ4v) is 3.92. The van der Waals surface area contributed by atoms with E-state index in [2.05, 4.69) is 39.6 Å². The van der Waals surface area contributed by atoms with E-state index in [0.29, 0.717) is 5.92 Å². The fourth-order valence-electron chi connectivity index (χ4n) is 3.92. The van der Waals surface area contributed by atoms with Gasteiger partial charge in [0.15, 0.2) is 5.84 Å². The van der Waals surface area contributed by atoms with Crippen molar-refractivity contribution in [3.05, 3.63) is 36.0 Å². The summed E-state index contributed by atoms with van der Waals surface area (Å²) in [7, 11) is 0. The highest BCUT2D eigenvalue weighted by atomic mass is 16.7. The molecule has 6 rings (SSSR count). The zero-order chi connectivity index (χ0) is 13.9. The molecule has 0 saturated carbocycles. The number of hydroxylamine groups is 1. The molecule has 21 heavy (non-hydrogen) atoms. The van der Waals surface area contributed by atoms with Gasteiger partial charge in [-0.15, -0.1) is 0 Å². The van der Waals surface area contributed by atoms with Crippen LogP contribution in [-0.4, -0.2) is 41.1 Å². The predicted molar refractivity (Wildman–Crippen MR) is 81.0 cm³/mol. The number of rotatable bonds is 1. The molecular formula is C16H18N4O. The Morgan fingerprint density at radius 1 is 1.24 bits per heavy atom. The summed E-state index contributed by atoms with van der Waals surface area (Å²) in [4.78, 5) is 16.8. The van der Waals surface area contributed by atoms with Gasteiger partial charge < -0.3 is 4.98 Å². The number of fused-ring (bicyclic) bond motifs is 3. The summed E-state index contributed by atoms with van der Waals surface area (Å²) in [6.07, 6.45) is 2.37. The molecule has 1 aromatic heterocycles. The lowest BCUT2D eigenvalue weighted by molar-refractivity contribution is -0.155. The molecule has 5 heteroatoms. The molecule has 5 heterocycles. The van der Waals surface area contributed by atoms with Crippen LogP contribution < -0.4 is 5.48 Å². The van der Waals surface area contributed by atoms with Gasteiger partial charge in [-0.1, -0.05) is 18.2 Å². The van der Waals surface area contributed by atoms with Crippen LogP contribution >= 0.6 is 0 Å². The maximum absolute atomic E-state index is 5.96. The smallest absolute Gasteiger partial charge is 0.202 e. The Kier molecular flexibility index (Phi) is 2.29. The molecule has 2 aromatic rings. The van der Waals surface area contributed by atoms with E-state index in [9.17, 15) is 0 Å². The molecule has 0 aliphatic carbocycles. The van der Waals surface area contributed by atoms with E-state index in [1.54, 1.807) is 0 Å². The summed E-state index contributed by atoms with van der Waals surface area (Å²) in [6, 6.07) is 10.4. The van der Waals surface area contributed by atoms with E-state index in [1.807, 2.05) is 6.07 Å². The standard InChI is InChI=1S/C16H18N4O/c1-2-4-13-11(3-1)9-14(17-13)15-18-16(21-19-15)10-20-7-5-12(16)6-8-20/h1-4,9,12,17H,5-8,10H2,(H,18,19). The molecule has 2 N–H and O–H groups in total. The van der Waals surface area contributed by atoms with Gasteiger partial charge in [-0.2, -0.15) is 0 Å². The summed E-state index contributed by atoms with van der Waals surface area (Å²) in [5.74, 6) is 1.37. The monoisotopic (exact) mass is 282 g/mol. The normalized spacial score (nSPS) is 34.4. The molecule has 0 radical (unpaired) electrons. The second-order valence-electron chi connectivity index (χ2n) is 6.33. The molecule has 2 bridgehead atoms. The van der Waals surface area contributed by atoms with Crippen LogP contribution in [0.25, 0.3) is 10.9 Å². The molecule has 1 unspecified atom stereocenters. The number of nitrogens with zero attached hydrogens (tertiary/aromatic N) is 2. The number of hydrogen-bond donors (Lipinski definition) is 2. The van der Waals surface area contributed by atoms with Crippen LogP contribution in [0.5, 0.6) is 0 Å². The lowest BCUT2D eigenvalue weighted by atomic mass is 9.81. The lowest BCUT2D eigenvalue weighted by Gasteiger charge is -2.47. The minimum atomic E-state index is -0.372. The van der Waals surface area contributed by atoms with Crippen LogP contribution in [0.4, 0.5) is 0 Å². The minimum Gasteiger partial charge on any atom is -0.352 e. The predicted octanol–water partition coefficient (Wildman–Crippen LogP) is 1.87. The summed E-state index contributed by atoms with van der Waals surface area (Å²) < 4.78 is 0. The van der Waals surface area contributed by atoms with Crippen LogP contribution in [-0.2, 0) is 4.84 Å². The van der Waals surface area contributed by atoms with Gasteiger partial charge in [-0.3, -0.25) is 4.90 Å². The van der Waals surface area contributed by atoms with Gasteiger partial charge in [0.2, 0.25) is 5.72 Å². The van der Waals surface area contributed by atoms with Crippen LogP contribution in [0.1, 0.15) is 18.5 Å². The van der Waals surface area contributed by atoms with Gasteiger partial charge in [-0.25, -0.2) is 15.3 Å². The molecule has 5 nitrogen and oxygen atoms in total.